The van der Waals surface area contributed by atoms with E-state index in [9.17, 15) is 9.59 Å². The van der Waals surface area contributed by atoms with Gasteiger partial charge in [0.25, 0.3) is 11.8 Å². The molecule has 1 aromatic carbocycles. The van der Waals surface area contributed by atoms with Crippen LogP contribution in [0.15, 0.2) is 22.2 Å². The second-order valence-electron chi connectivity index (χ2n) is 4.28. The number of nitrogens with one attached hydrogen (secondary N) is 2. The van der Waals surface area contributed by atoms with Crippen LogP contribution in [0.5, 0.6) is 11.5 Å². The average molecular weight is 396 g/mol. The molecule has 0 unspecified atom stereocenters. The number of methoxy groups -OCH3 is 1. The molecule has 2 N–H and O–H groups in total. The molecule has 1 aromatic rings. The summed E-state index contributed by atoms with van der Waals surface area (Å²) in [5, 5.41) is 13.3. The zero-order valence-corrected chi connectivity index (χ0v) is 14.2. The van der Waals surface area contributed by atoms with E-state index >= 15 is 0 Å². The van der Waals surface area contributed by atoms with Crippen LogP contribution in [0.2, 0.25) is 0 Å². The monoisotopic (exact) mass is 395 g/mol. The molecule has 1 fully saturated rings. The number of amides is 2. The number of nitrogens with zero attached hydrogens (tertiary/aromatic N) is 1. The number of carbonyl (C=O) groups excluding carboxylic acids is 2. The Morgan fingerprint density at radius 2 is 2.00 bits per heavy atom. The first-order valence-electron chi connectivity index (χ1n) is 6.22. The highest BCUT2D eigenvalue weighted by Crippen LogP contribution is 2.37. The van der Waals surface area contributed by atoms with Gasteiger partial charge >= 0.3 is 0 Å². The molecule has 0 spiro atoms. The maximum Gasteiger partial charge on any atom is 0.263 e. The van der Waals surface area contributed by atoms with E-state index in [1.54, 1.807) is 12.1 Å². The van der Waals surface area contributed by atoms with Crippen molar-refractivity contribution in [3.8, 4) is 17.6 Å². The molecule has 0 radical (unpaired) electrons. The van der Waals surface area contributed by atoms with Crippen molar-refractivity contribution in [2.24, 2.45) is 0 Å². The van der Waals surface area contributed by atoms with Gasteiger partial charge in [-0.25, -0.2) is 0 Å². The minimum absolute atomic E-state index is 0.0313. The van der Waals surface area contributed by atoms with Crippen molar-refractivity contribution >= 4 is 51.2 Å². The van der Waals surface area contributed by atoms with Gasteiger partial charge in [-0.2, -0.15) is 5.26 Å². The van der Waals surface area contributed by atoms with Crippen molar-refractivity contribution in [1.29, 1.82) is 5.26 Å². The van der Waals surface area contributed by atoms with Gasteiger partial charge in [0, 0.05) is 0 Å². The van der Waals surface area contributed by atoms with Gasteiger partial charge in [0.1, 0.15) is 11.6 Å². The smallest absolute Gasteiger partial charge is 0.263 e. The molecule has 2 rings (SSSR count). The zero-order chi connectivity index (χ0) is 17.0. The fraction of sp³-hybridized carbons (Fsp3) is 0.143. The Morgan fingerprint density at radius 1 is 1.35 bits per heavy atom. The molecule has 7 nitrogen and oxygen atoms in total. The summed E-state index contributed by atoms with van der Waals surface area (Å²) in [6, 6.07) is 5.08. The van der Waals surface area contributed by atoms with Gasteiger partial charge in [-0.05, 0) is 51.9 Å². The SMILES string of the molecule is COc1cc(C=C2C(=O)NC(=S)NC2=O)cc(Br)c1OCC#N. The summed E-state index contributed by atoms with van der Waals surface area (Å²) in [6.45, 7) is -0.141. The molecule has 1 aliphatic rings. The first-order valence-corrected chi connectivity index (χ1v) is 7.42. The summed E-state index contributed by atoms with van der Waals surface area (Å²) in [6.07, 6.45) is 1.40. The van der Waals surface area contributed by atoms with Crippen molar-refractivity contribution in [3.05, 3.63) is 27.7 Å². The lowest BCUT2D eigenvalue weighted by Crippen LogP contribution is -2.51. The van der Waals surface area contributed by atoms with E-state index in [-0.39, 0.29) is 17.3 Å². The number of nitriles is 1. The van der Waals surface area contributed by atoms with Gasteiger partial charge in [0.05, 0.1) is 11.6 Å². The average Bonchev–Trinajstić information content (AvgIpc) is 2.49. The number of rotatable bonds is 4. The molecule has 9 heteroatoms. The standard InChI is InChI=1S/C14H10BrN3O4S/c1-21-10-6-7(5-9(15)11(10)22-3-2-16)4-8-12(19)17-14(23)18-13(8)20/h4-6H,3H2,1H3,(H2,17,18,19,20,23). The molecule has 23 heavy (non-hydrogen) atoms. The first-order chi connectivity index (χ1) is 11.0. The van der Waals surface area contributed by atoms with Gasteiger partial charge in [-0.15, -0.1) is 0 Å². The summed E-state index contributed by atoms with van der Waals surface area (Å²) in [4.78, 5) is 23.7. The lowest BCUT2D eigenvalue weighted by molar-refractivity contribution is -0.123. The van der Waals surface area contributed by atoms with Crippen LogP contribution in [0.3, 0.4) is 0 Å². The topological polar surface area (TPSA) is 100 Å². The summed E-state index contributed by atoms with van der Waals surface area (Å²) in [5.74, 6) is -0.458. The van der Waals surface area contributed by atoms with Crippen LogP contribution in [0, 0.1) is 11.3 Å². The Hall–Kier alpha value is -2.44. The molecular weight excluding hydrogens is 386 g/mol. The largest absolute Gasteiger partial charge is 0.493 e. The molecule has 0 aliphatic carbocycles. The Labute approximate surface area is 145 Å². The number of carbonyl (C=O) groups is 2. The van der Waals surface area contributed by atoms with Gasteiger partial charge in [-0.3, -0.25) is 20.2 Å². The van der Waals surface area contributed by atoms with Crippen molar-refractivity contribution < 1.29 is 19.1 Å². The van der Waals surface area contributed by atoms with Gasteiger partial charge < -0.3 is 9.47 Å². The molecule has 0 aromatic heterocycles. The van der Waals surface area contributed by atoms with Crippen LogP contribution < -0.4 is 20.1 Å². The fourth-order valence-corrected chi connectivity index (χ4v) is 2.60. The molecular formula is C14H10BrN3O4S. The summed E-state index contributed by atoms with van der Waals surface area (Å²) < 4.78 is 11.0. The Balaban J connectivity index is 2.41. The number of benzene rings is 1. The highest BCUT2D eigenvalue weighted by molar-refractivity contribution is 9.10. The Bertz CT molecular complexity index is 748. The minimum Gasteiger partial charge on any atom is -0.493 e. The second kappa shape index (κ2) is 7.21. The summed E-state index contributed by atoms with van der Waals surface area (Å²) >= 11 is 8.04. The Morgan fingerprint density at radius 3 is 2.57 bits per heavy atom. The molecule has 1 heterocycles. The van der Waals surface area contributed by atoms with Crippen LogP contribution in [0.4, 0.5) is 0 Å². The van der Waals surface area contributed by atoms with Crippen LogP contribution in [-0.4, -0.2) is 30.6 Å². The predicted octanol–water partition coefficient (Wildman–Crippen LogP) is 1.27. The van der Waals surface area contributed by atoms with E-state index in [0.29, 0.717) is 21.5 Å². The molecule has 1 saturated heterocycles. The number of hydrogen-bond donors (Lipinski definition) is 2. The van der Waals surface area contributed by atoms with E-state index in [4.69, 9.17) is 27.0 Å². The highest BCUT2D eigenvalue weighted by atomic mass is 79.9. The Kier molecular flexibility index (Phi) is 5.31. The third-order valence-electron chi connectivity index (χ3n) is 2.79. The van der Waals surface area contributed by atoms with Crippen LogP contribution in [-0.2, 0) is 9.59 Å². The number of thiocarbonyl (C=S) groups is 1. The van der Waals surface area contributed by atoms with Gasteiger partial charge in [0.15, 0.2) is 23.2 Å². The van der Waals surface area contributed by atoms with Gasteiger partial charge in [-0.1, -0.05) is 0 Å². The third-order valence-corrected chi connectivity index (χ3v) is 3.58. The maximum atomic E-state index is 11.8. The van der Waals surface area contributed by atoms with E-state index in [1.807, 2.05) is 6.07 Å². The van der Waals surface area contributed by atoms with E-state index in [0.717, 1.165) is 0 Å². The van der Waals surface area contributed by atoms with Crippen molar-refractivity contribution in [1.82, 2.24) is 10.6 Å². The van der Waals surface area contributed by atoms with E-state index < -0.39 is 11.8 Å². The molecule has 2 amide bonds. The summed E-state index contributed by atoms with van der Waals surface area (Å²) in [7, 11) is 1.44. The normalized spacial score (nSPS) is 13.8. The number of hydrogen-bond acceptors (Lipinski definition) is 6. The molecule has 118 valence electrons. The quantitative estimate of drug-likeness (QED) is 0.452. The lowest BCUT2D eigenvalue weighted by Gasteiger charge is -2.17. The highest BCUT2D eigenvalue weighted by Gasteiger charge is 2.26. The summed E-state index contributed by atoms with van der Waals surface area (Å²) in [5.41, 5.74) is 0.449. The van der Waals surface area contributed by atoms with Crippen molar-refractivity contribution in [2.75, 3.05) is 13.7 Å². The molecule has 0 bridgehead atoms. The second-order valence-corrected chi connectivity index (χ2v) is 5.54. The van der Waals surface area contributed by atoms with Crippen LogP contribution in [0.1, 0.15) is 5.56 Å². The number of halogens is 1. The van der Waals surface area contributed by atoms with E-state index in [2.05, 4.69) is 26.6 Å². The first kappa shape index (κ1) is 16.9. The predicted molar refractivity (Wildman–Crippen MR) is 88.7 cm³/mol. The van der Waals surface area contributed by atoms with Crippen LogP contribution >= 0.6 is 28.1 Å². The molecule has 1 aliphatic heterocycles. The zero-order valence-electron chi connectivity index (χ0n) is 11.8. The lowest BCUT2D eigenvalue weighted by atomic mass is 10.1. The van der Waals surface area contributed by atoms with E-state index in [1.165, 1.54) is 13.2 Å². The van der Waals surface area contributed by atoms with Crippen molar-refractivity contribution in [2.45, 2.75) is 0 Å². The fourth-order valence-electron chi connectivity index (χ4n) is 1.84. The van der Waals surface area contributed by atoms with Gasteiger partial charge in [0.2, 0.25) is 0 Å². The molecule has 0 atom stereocenters. The molecule has 0 saturated carbocycles. The maximum absolute atomic E-state index is 11.8. The third kappa shape index (κ3) is 3.85. The number of ether oxygens (including phenoxy) is 2. The van der Waals surface area contributed by atoms with Crippen molar-refractivity contribution in [3.63, 3.8) is 0 Å². The minimum atomic E-state index is -0.585. The van der Waals surface area contributed by atoms with Crippen LogP contribution in [0.25, 0.3) is 6.08 Å².